The van der Waals surface area contributed by atoms with Gasteiger partial charge >= 0.3 is 0 Å². The van der Waals surface area contributed by atoms with Crippen molar-refractivity contribution in [2.75, 3.05) is 37.6 Å². The zero-order valence-corrected chi connectivity index (χ0v) is 11.2. The average molecular weight is 255 g/mol. The smallest absolute Gasteiger partial charge is 0.151 e. The molecule has 17 heavy (non-hydrogen) atoms. The number of hydrogen-bond donors (Lipinski definition) is 0. The van der Waals surface area contributed by atoms with Crippen molar-refractivity contribution in [2.24, 2.45) is 0 Å². The number of aryl methyl sites for hydroxylation is 1. The second-order valence-corrected chi connectivity index (χ2v) is 4.61. The Morgan fingerprint density at radius 1 is 1.18 bits per heavy atom. The number of halogens is 1. The highest BCUT2D eigenvalue weighted by molar-refractivity contribution is 6.33. The van der Waals surface area contributed by atoms with Crippen molar-refractivity contribution in [3.05, 3.63) is 17.0 Å². The Hall–Kier alpha value is -0.870. The predicted octanol–water partition coefficient (Wildman–Crippen LogP) is 1.83. The normalized spacial score (nSPS) is 17.5. The SMILES string of the molecule is CCc1ncnc(N2CCN(CC)CC2)c1Cl. The summed E-state index contributed by atoms with van der Waals surface area (Å²) in [5.74, 6) is 0.897. The zero-order valence-electron chi connectivity index (χ0n) is 10.5. The molecule has 0 atom stereocenters. The first-order valence-electron chi connectivity index (χ1n) is 6.23. The molecule has 0 unspecified atom stereocenters. The van der Waals surface area contributed by atoms with E-state index in [1.165, 1.54) is 0 Å². The maximum absolute atomic E-state index is 6.33. The lowest BCUT2D eigenvalue weighted by molar-refractivity contribution is 0.270. The van der Waals surface area contributed by atoms with Gasteiger partial charge in [0.15, 0.2) is 5.82 Å². The zero-order chi connectivity index (χ0) is 12.3. The van der Waals surface area contributed by atoms with E-state index in [0.29, 0.717) is 0 Å². The molecule has 2 rings (SSSR count). The summed E-state index contributed by atoms with van der Waals surface area (Å²) in [6.07, 6.45) is 2.47. The molecular weight excluding hydrogens is 236 g/mol. The fourth-order valence-corrected chi connectivity index (χ4v) is 2.49. The average Bonchev–Trinajstić information content (AvgIpc) is 2.39. The summed E-state index contributed by atoms with van der Waals surface area (Å²) in [5, 5.41) is 0.722. The number of aromatic nitrogens is 2. The third kappa shape index (κ3) is 2.69. The maximum atomic E-state index is 6.33. The van der Waals surface area contributed by atoms with E-state index in [0.717, 1.165) is 55.7 Å². The summed E-state index contributed by atoms with van der Waals surface area (Å²) < 4.78 is 0. The highest BCUT2D eigenvalue weighted by atomic mass is 35.5. The first kappa shape index (κ1) is 12.6. The van der Waals surface area contributed by atoms with Crippen LogP contribution in [0.2, 0.25) is 5.02 Å². The van der Waals surface area contributed by atoms with Crippen molar-refractivity contribution < 1.29 is 0 Å². The third-order valence-electron chi connectivity index (χ3n) is 3.30. The molecule has 0 radical (unpaired) electrons. The van der Waals surface area contributed by atoms with Crippen LogP contribution in [0.4, 0.5) is 5.82 Å². The lowest BCUT2D eigenvalue weighted by Gasteiger charge is -2.35. The molecule has 0 bridgehead atoms. The van der Waals surface area contributed by atoms with E-state index in [1.807, 2.05) is 0 Å². The summed E-state index contributed by atoms with van der Waals surface area (Å²) in [6.45, 7) is 9.53. The number of rotatable bonds is 3. The lowest BCUT2D eigenvalue weighted by Crippen LogP contribution is -2.46. The summed E-state index contributed by atoms with van der Waals surface area (Å²) in [4.78, 5) is 13.2. The van der Waals surface area contributed by atoms with Gasteiger partial charge in [-0.3, -0.25) is 0 Å². The Morgan fingerprint density at radius 3 is 2.47 bits per heavy atom. The van der Waals surface area contributed by atoms with Crippen LogP contribution in [0.15, 0.2) is 6.33 Å². The molecule has 0 amide bonds. The predicted molar refractivity (Wildman–Crippen MR) is 70.7 cm³/mol. The molecular formula is C12H19ClN4. The van der Waals surface area contributed by atoms with E-state index >= 15 is 0 Å². The van der Waals surface area contributed by atoms with Crippen LogP contribution in [0, 0.1) is 0 Å². The molecule has 5 heteroatoms. The van der Waals surface area contributed by atoms with Crippen molar-refractivity contribution in [1.82, 2.24) is 14.9 Å². The maximum Gasteiger partial charge on any atom is 0.151 e. The van der Waals surface area contributed by atoms with Crippen molar-refractivity contribution in [3.8, 4) is 0 Å². The molecule has 0 aliphatic carbocycles. The Kier molecular flexibility index (Phi) is 4.18. The van der Waals surface area contributed by atoms with Gasteiger partial charge in [0.2, 0.25) is 0 Å². The Morgan fingerprint density at radius 2 is 1.88 bits per heavy atom. The molecule has 0 saturated carbocycles. The molecule has 1 fully saturated rings. The van der Waals surface area contributed by atoms with Gasteiger partial charge < -0.3 is 9.80 Å². The fraction of sp³-hybridized carbons (Fsp3) is 0.667. The molecule has 0 spiro atoms. The van der Waals surface area contributed by atoms with E-state index in [2.05, 4.69) is 33.6 Å². The quantitative estimate of drug-likeness (QED) is 0.824. The third-order valence-corrected chi connectivity index (χ3v) is 3.68. The summed E-state index contributed by atoms with van der Waals surface area (Å²) in [5.41, 5.74) is 0.939. The van der Waals surface area contributed by atoms with Gasteiger partial charge in [0, 0.05) is 26.2 Å². The second kappa shape index (κ2) is 5.65. The topological polar surface area (TPSA) is 32.3 Å². The lowest BCUT2D eigenvalue weighted by atomic mass is 10.2. The first-order chi connectivity index (χ1) is 8.26. The molecule has 0 aromatic carbocycles. The van der Waals surface area contributed by atoms with Crippen molar-refractivity contribution in [3.63, 3.8) is 0 Å². The Balaban J connectivity index is 2.13. The van der Waals surface area contributed by atoms with Gasteiger partial charge in [-0.25, -0.2) is 9.97 Å². The van der Waals surface area contributed by atoms with E-state index < -0.39 is 0 Å². The number of hydrogen-bond acceptors (Lipinski definition) is 4. The van der Waals surface area contributed by atoms with Crippen LogP contribution in [0.5, 0.6) is 0 Å². The molecule has 1 saturated heterocycles. The largest absolute Gasteiger partial charge is 0.353 e. The van der Waals surface area contributed by atoms with Gasteiger partial charge in [-0.15, -0.1) is 0 Å². The summed E-state index contributed by atoms with van der Waals surface area (Å²) in [7, 11) is 0. The van der Waals surface area contributed by atoms with Gasteiger partial charge in [-0.1, -0.05) is 25.4 Å². The van der Waals surface area contributed by atoms with E-state index in [1.54, 1.807) is 6.33 Å². The molecule has 4 nitrogen and oxygen atoms in total. The molecule has 1 aromatic rings. The van der Waals surface area contributed by atoms with E-state index in [4.69, 9.17) is 11.6 Å². The molecule has 1 aliphatic heterocycles. The van der Waals surface area contributed by atoms with Crippen molar-refractivity contribution in [2.45, 2.75) is 20.3 Å². The minimum Gasteiger partial charge on any atom is -0.353 e. The van der Waals surface area contributed by atoms with Crippen LogP contribution >= 0.6 is 11.6 Å². The molecule has 94 valence electrons. The van der Waals surface area contributed by atoms with Crippen LogP contribution in [-0.2, 0) is 6.42 Å². The summed E-state index contributed by atoms with van der Waals surface area (Å²) in [6, 6.07) is 0. The van der Waals surface area contributed by atoms with Crippen molar-refractivity contribution >= 4 is 17.4 Å². The molecule has 1 aliphatic rings. The Labute approximate surface area is 108 Å². The highest BCUT2D eigenvalue weighted by Crippen LogP contribution is 2.26. The monoisotopic (exact) mass is 254 g/mol. The van der Waals surface area contributed by atoms with E-state index in [-0.39, 0.29) is 0 Å². The van der Waals surface area contributed by atoms with Crippen LogP contribution in [0.1, 0.15) is 19.5 Å². The van der Waals surface area contributed by atoms with Crippen LogP contribution < -0.4 is 4.90 Å². The first-order valence-corrected chi connectivity index (χ1v) is 6.60. The van der Waals surface area contributed by atoms with Gasteiger partial charge in [-0.2, -0.15) is 0 Å². The van der Waals surface area contributed by atoms with Gasteiger partial charge in [0.1, 0.15) is 11.3 Å². The van der Waals surface area contributed by atoms with Crippen LogP contribution in [0.25, 0.3) is 0 Å². The van der Waals surface area contributed by atoms with Gasteiger partial charge in [0.25, 0.3) is 0 Å². The molecule has 2 heterocycles. The van der Waals surface area contributed by atoms with E-state index in [9.17, 15) is 0 Å². The minimum absolute atomic E-state index is 0.722. The second-order valence-electron chi connectivity index (χ2n) is 4.23. The number of piperazine rings is 1. The summed E-state index contributed by atoms with van der Waals surface area (Å²) >= 11 is 6.33. The molecule has 1 aromatic heterocycles. The Bertz CT molecular complexity index is 375. The minimum atomic E-state index is 0.722. The standard InChI is InChI=1S/C12H19ClN4/c1-3-10-11(13)12(15-9-14-10)17-7-5-16(4-2)6-8-17/h9H,3-8H2,1-2H3. The highest BCUT2D eigenvalue weighted by Gasteiger charge is 2.20. The fourth-order valence-electron chi connectivity index (χ4n) is 2.14. The van der Waals surface area contributed by atoms with Crippen LogP contribution in [0.3, 0.4) is 0 Å². The molecule has 0 N–H and O–H groups in total. The number of nitrogens with zero attached hydrogens (tertiary/aromatic N) is 4. The number of anilines is 1. The van der Waals surface area contributed by atoms with Crippen molar-refractivity contribution in [1.29, 1.82) is 0 Å². The van der Waals surface area contributed by atoms with Crippen LogP contribution in [-0.4, -0.2) is 47.6 Å². The van der Waals surface area contributed by atoms with Gasteiger partial charge in [0.05, 0.1) is 5.69 Å². The van der Waals surface area contributed by atoms with Gasteiger partial charge in [-0.05, 0) is 13.0 Å². The number of likely N-dealkylation sites (N-methyl/N-ethyl adjacent to an activating group) is 1.